The number of amides is 1. The molecule has 0 aromatic rings. The summed E-state index contributed by atoms with van der Waals surface area (Å²) in [4.78, 5) is 14.3. The van der Waals surface area contributed by atoms with Gasteiger partial charge in [0.25, 0.3) is 0 Å². The molecule has 1 amide bonds. The summed E-state index contributed by atoms with van der Waals surface area (Å²) in [5.74, 6) is 1.99. The lowest BCUT2D eigenvalue weighted by molar-refractivity contribution is -0.131. The Kier molecular flexibility index (Phi) is 6.13. The van der Waals surface area contributed by atoms with Crippen LogP contribution in [-0.2, 0) is 4.79 Å². The Labute approximate surface area is 123 Å². The van der Waals surface area contributed by atoms with E-state index in [1.165, 1.54) is 12.8 Å². The van der Waals surface area contributed by atoms with Crippen molar-refractivity contribution in [2.24, 2.45) is 17.3 Å². The summed E-state index contributed by atoms with van der Waals surface area (Å²) in [5.41, 5.74) is 0.266. The van der Waals surface area contributed by atoms with E-state index in [9.17, 15) is 4.79 Å². The Morgan fingerprint density at radius 2 is 1.68 bits per heavy atom. The first-order valence-electron chi connectivity index (χ1n) is 7.44. The highest BCUT2D eigenvalue weighted by Crippen LogP contribution is 2.28. The Hall–Kier alpha value is -0.280. The molecule has 0 aliphatic carbocycles. The average Bonchev–Trinajstić information content (AvgIpc) is 2.64. The molecule has 19 heavy (non-hydrogen) atoms. The zero-order chi connectivity index (χ0) is 13.2. The van der Waals surface area contributed by atoms with Gasteiger partial charge in [-0.05, 0) is 49.6 Å². The molecule has 112 valence electrons. The van der Waals surface area contributed by atoms with Gasteiger partial charge >= 0.3 is 0 Å². The maximum Gasteiger partial charge on any atom is 0.222 e. The summed E-state index contributed by atoms with van der Waals surface area (Å²) in [6.45, 7) is 10.9. The summed E-state index contributed by atoms with van der Waals surface area (Å²) in [5, 5.41) is 3.48. The van der Waals surface area contributed by atoms with Crippen LogP contribution in [0.1, 0.15) is 46.5 Å². The summed E-state index contributed by atoms with van der Waals surface area (Å²) in [6.07, 6.45) is 4.10. The second kappa shape index (κ2) is 6.94. The second-order valence-electron chi connectivity index (χ2n) is 7.20. The van der Waals surface area contributed by atoms with E-state index in [-0.39, 0.29) is 17.8 Å². The fourth-order valence-corrected chi connectivity index (χ4v) is 3.11. The number of nitrogens with one attached hydrogen (secondary N) is 1. The molecule has 2 rings (SSSR count). The molecule has 2 atom stereocenters. The minimum Gasteiger partial charge on any atom is -0.343 e. The fourth-order valence-electron chi connectivity index (χ4n) is 3.11. The lowest BCUT2D eigenvalue weighted by Crippen LogP contribution is -2.33. The first-order valence-corrected chi connectivity index (χ1v) is 7.44. The third-order valence-electron chi connectivity index (χ3n) is 4.46. The maximum atomic E-state index is 12.2. The van der Waals surface area contributed by atoms with E-state index in [0.29, 0.717) is 5.91 Å². The molecular weight excluding hydrogens is 260 g/mol. The van der Waals surface area contributed by atoms with Gasteiger partial charge in [-0.1, -0.05) is 20.8 Å². The van der Waals surface area contributed by atoms with Crippen molar-refractivity contribution >= 4 is 18.3 Å². The summed E-state index contributed by atoms with van der Waals surface area (Å²) < 4.78 is 0. The Bertz CT molecular complexity index is 287. The Morgan fingerprint density at radius 3 is 2.16 bits per heavy atom. The van der Waals surface area contributed by atoms with Crippen LogP contribution in [0.3, 0.4) is 0 Å². The molecule has 2 aliphatic heterocycles. The van der Waals surface area contributed by atoms with Gasteiger partial charge in [0.2, 0.25) is 5.91 Å². The molecule has 3 nitrogen and oxygen atoms in total. The number of fused-ring (bicyclic) bond motifs is 1. The standard InChI is InChI=1S/C15H28N2O.ClH/c1-15(2,3)7-4-14(18)17-8-5-12-10-16-11-13(12)6-9-17;/h12-13,16H,4-11H2,1-3H3;1H/t12-,13+;. The third kappa shape index (κ3) is 4.96. The minimum absolute atomic E-state index is 0. The van der Waals surface area contributed by atoms with Gasteiger partial charge in [0.05, 0.1) is 0 Å². The van der Waals surface area contributed by atoms with E-state index in [4.69, 9.17) is 0 Å². The van der Waals surface area contributed by atoms with Crippen LogP contribution < -0.4 is 5.32 Å². The largest absolute Gasteiger partial charge is 0.343 e. The van der Waals surface area contributed by atoms with Crippen molar-refractivity contribution in [3.05, 3.63) is 0 Å². The quantitative estimate of drug-likeness (QED) is 0.847. The molecule has 2 heterocycles. The number of carbonyl (C=O) groups is 1. The first kappa shape index (κ1) is 16.8. The van der Waals surface area contributed by atoms with E-state index in [2.05, 4.69) is 31.0 Å². The van der Waals surface area contributed by atoms with E-state index in [0.717, 1.165) is 50.9 Å². The van der Waals surface area contributed by atoms with Crippen molar-refractivity contribution in [3.63, 3.8) is 0 Å². The van der Waals surface area contributed by atoms with Crippen LogP contribution in [0.4, 0.5) is 0 Å². The van der Waals surface area contributed by atoms with E-state index < -0.39 is 0 Å². The van der Waals surface area contributed by atoms with Crippen molar-refractivity contribution < 1.29 is 4.79 Å². The number of rotatable bonds is 2. The topological polar surface area (TPSA) is 32.3 Å². The molecule has 2 saturated heterocycles. The number of hydrogen-bond donors (Lipinski definition) is 1. The molecule has 0 bridgehead atoms. The van der Waals surface area contributed by atoms with Crippen LogP contribution in [0.15, 0.2) is 0 Å². The zero-order valence-corrected chi connectivity index (χ0v) is 13.4. The highest BCUT2D eigenvalue weighted by atomic mass is 35.5. The van der Waals surface area contributed by atoms with E-state index in [1.54, 1.807) is 0 Å². The molecule has 1 N–H and O–H groups in total. The summed E-state index contributed by atoms with van der Waals surface area (Å²) in [7, 11) is 0. The highest BCUT2D eigenvalue weighted by Gasteiger charge is 2.31. The monoisotopic (exact) mass is 288 g/mol. The van der Waals surface area contributed by atoms with Crippen LogP contribution in [0.2, 0.25) is 0 Å². The average molecular weight is 289 g/mol. The van der Waals surface area contributed by atoms with Crippen molar-refractivity contribution in [1.29, 1.82) is 0 Å². The smallest absolute Gasteiger partial charge is 0.222 e. The lowest BCUT2D eigenvalue weighted by Gasteiger charge is -2.24. The predicted molar refractivity (Wildman–Crippen MR) is 81.6 cm³/mol. The van der Waals surface area contributed by atoms with Gasteiger partial charge in [-0.25, -0.2) is 0 Å². The second-order valence-corrected chi connectivity index (χ2v) is 7.20. The molecular formula is C15H29ClN2O. The molecule has 2 aliphatic rings. The van der Waals surface area contributed by atoms with Crippen molar-refractivity contribution in [3.8, 4) is 0 Å². The molecule has 0 spiro atoms. The van der Waals surface area contributed by atoms with Gasteiger partial charge in [0, 0.05) is 19.5 Å². The molecule has 0 aromatic heterocycles. The highest BCUT2D eigenvalue weighted by molar-refractivity contribution is 5.85. The lowest BCUT2D eigenvalue weighted by atomic mass is 9.90. The number of nitrogens with zero attached hydrogens (tertiary/aromatic N) is 1. The molecule has 0 radical (unpaired) electrons. The molecule has 4 heteroatoms. The third-order valence-corrected chi connectivity index (χ3v) is 4.46. The van der Waals surface area contributed by atoms with Crippen LogP contribution in [0.25, 0.3) is 0 Å². The molecule has 2 fully saturated rings. The van der Waals surface area contributed by atoms with Crippen LogP contribution >= 0.6 is 12.4 Å². The minimum atomic E-state index is 0. The van der Waals surface area contributed by atoms with E-state index in [1.807, 2.05) is 0 Å². The number of hydrogen-bond acceptors (Lipinski definition) is 2. The normalized spacial score (nSPS) is 27.4. The predicted octanol–water partition coefficient (Wildman–Crippen LogP) is 2.69. The Balaban J connectivity index is 0.00000180. The number of halogens is 1. The van der Waals surface area contributed by atoms with Crippen molar-refractivity contribution in [2.45, 2.75) is 46.5 Å². The molecule has 0 aromatic carbocycles. The van der Waals surface area contributed by atoms with E-state index >= 15 is 0 Å². The van der Waals surface area contributed by atoms with Gasteiger partial charge in [0.1, 0.15) is 0 Å². The van der Waals surface area contributed by atoms with Crippen LogP contribution in [-0.4, -0.2) is 37.0 Å². The van der Waals surface area contributed by atoms with Crippen molar-refractivity contribution in [2.75, 3.05) is 26.2 Å². The number of likely N-dealkylation sites (tertiary alicyclic amines) is 1. The van der Waals surface area contributed by atoms with Gasteiger partial charge in [0.15, 0.2) is 0 Å². The number of carbonyl (C=O) groups excluding carboxylic acids is 1. The van der Waals surface area contributed by atoms with Crippen molar-refractivity contribution in [1.82, 2.24) is 10.2 Å². The van der Waals surface area contributed by atoms with Gasteiger partial charge in [-0.3, -0.25) is 4.79 Å². The zero-order valence-electron chi connectivity index (χ0n) is 12.6. The molecule has 0 saturated carbocycles. The van der Waals surface area contributed by atoms with Crippen LogP contribution in [0.5, 0.6) is 0 Å². The molecule has 0 unspecified atom stereocenters. The summed E-state index contributed by atoms with van der Waals surface area (Å²) >= 11 is 0. The first-order chi connectivity index (χ1) is 8.46. The van der Waals surface area contributed by atoms with Crippen LogP contribution in [0, 0.1) is 17.3 Å². The maximum absolute atomic E-state index is 12.2. The van der Waals surface area contributed by atoms with Gasteiger partial charge in [-0.2, -0.15) is 0 Å². The van der Waals surface area contributed by atoms with Gasteiger partial charge < -0.3 is 10.2 Å². The Morgan fingerprint density at radius 1 is 1.16 bits per heavy atom. The summed E-state index contributed by atoms with van der Waals surface area (Å²) in [6, 6.07) is 0. The fraction of sp³-hybridized carbons (Fsp3) is 0.933. The van der Waals surface area contributed by atoms with Gasteiger partial charge in [-0.15, -0.1) is 12.4 Å². The SMILES string of the molecule is CC(C)(C)CCC(=O)N1CC[C@@H]2CNC[C@@H]2CC1.Cl.